The summed E-state index contributed by atoms with van der Waals surface area (Å²) in [6, 6.07) is 0. The van der Waals surface area contributed by atoms with Crippen molar-refractivity contribution in [3.8, 4) is 0 Å². The molecule has 0 heterocycles. The molecule has 62 valence electrons. The van der Waals surface area contributed by atoms with E-state index in [1.54, 1.807) is 12.2 Å². The quantitative estimate of drug-likeness (QED) is 0.602. The fraction of sp³-hybridized carbons (Fsp3) is 0.500. The van der Waals surface area contributed by atoms with E-state index in [4.69, 9.17) is 4.74 Å². The van der Waals surface area contributed by atoms with Gasteiger partial charge in [-0.2, -0.15) is 0 Å². The fourth-order valence-corrected chi connectivity index (χ4v) is 0.988. The zero-order valence-electron chi connectivity index (χ0n) is 6.26. The molecule has 0 saturated carbocycles. The van der Waals surface area contributed by atoms with E-state index in [1.165, 1.54) is 13.2 Å². The van der Waals surface area contributed by atoms with E-state index >= 15 is 0 Å². The summed E-state index contributed by atoms with van der Waals surface area (Å²) in [7, 11) is 1.48. The number of alkyl halides is 2. The van der Waals surface area contributed by atoms with Crippen LogP contribution in [0.5, 0.6) is 0 Å². The number of rotatable bonds is 2. The van der Waals surface area contributed by atoms with Crippen LogP contribution < -0.4 is 0 Å². The summed E-state index contributed by atoms with van der Waals surface area (Å²) in [4.78, 5) is 0. The first-order chi connectivity index (χ1) is 5.24. The minimum atomic E-state index is -2.29. The molecule has 1 aliphatic rings. The normalized spacial score (nSPS) is 23.6. The van der Waals surface area contributed by atoms with Crippen molar-refractivity contribution in [1.82, 2.24) is 0 Å². The molecule has 0 amide bonds. The molecule has 1 atom stereocenters. The summed E-state index contributed by atoms with van der Waals surface area (Å²) in [6.45, 7) is 0. The van der Waals surface area contributed by atoms with Crippen molar-refractivity contribution in [2.45, 2.75) is 12.8 Å². The lowest BCUT2D eigenvalue weighted by Gasteiger charge is -2.14. The molecule has 3 heteroatoms. The van der Waals surface area contributed by atoms with Crippen molar-refractivity contribution >= 4 is 0 Å². The maximum atomic E-state index is 12.1. The second-order valence-corrected chi connectivity index (χ2v) is 2.41. The van der Waals surface area contributed by atoms with Crippen LogP contribution >= 0.6 is 0 Å². The van der Waals surface area contributed by atoms with Gasteiger partial charge in [-0.1, -0.05) is 6.08 Å². The van der Waals surface area contributed by atoms with Crippen LogP contribution in [0.25, 0.3) is 0 Å². The van der Waals surface area contributed by atoms with E-state index in [0.717, 1.165) is 0 Å². The predicted molar refractivity (Wildman–Crippen MR) is 38.3 cm³/mol. The first-order valence-corrected chi connectivity index (χ1v) is 3.44. The molecular formula is C8H10F2O. The third-order valence-corrected chi connectivity index (χ3v) is 1.63. The molecule has 0 radical (unpaired) electrons. The second-order valence-electron chi connectivity index (χ2n) is 2.41. The van der Waals surface area contributed by atoms with Gasteiger partial charge in [0.25, 0.3) is 0 Å². The van der Waals surface area contributed by atoms with Crippen molar-refractivity contribution in [3.63, 3.8) is 0 Å². The average Bonchev–Trinajstić information content (AvgIpc) is 2.05. The Morgan fingerprint density at radius 2 is 2.36 bits per heavy atom. The van der Waals surface area contributed by atoms with Gasteiger partial charge in [0.05, 0.1) is 7.11 Å². The van der Waals surface area contributed by atoms with Crippen LogP contribution in [0.3, 0.4) is 0 Å². The first-order valence-electron chi connectivity index (χ1n) is 3.44. The van der Waals surface area contributed by atoms with Gasteiger partial charge in [0.1, 0.15) is 5.76 Å². The minimum Gasteiger partial charge on any atom is -0.497 e. The molecule has 0 aromatic carbocycles. The Balaban J connectivity index is 2.61. The third-order valence-electron chi connectivity index (χ3n) is 1.63. The van der Waals surface area contributed by atoms with E-state index in [1.807, 2.05) is 0 Å². The van der Waals surface area contributed by atoms with Gasteiger partial charge in [-0.3, -0.25) is 0 Å². The van der Waals surface area contributed by atoms with Crippen LogP contribution in [0.4, 0.5) is 8.78 Å². The molecule has 0 N–H and O–H groups in total. The highest BCUT2D eigenvalue weighted by Crippen LogP contribution is 2.22. The number of methoxy groups -OCH3 is 1. The van der Waals surface area contributed by atoms with Crippen molar-refractivity contribution in [3.05, 3.63) is 24.0 Å². The molecule has 0 fully saturated rings. The lowest BCUT2D eigenvalue weighted by Crippen LogP contribution is -2.10. The Kier molecular flexibility index (Phi) is 2.63. The maximum Gasteiger partial charge on any atom is 0.245 e. The van der Waals surface area contributed by atoms with Gasteiger partial charge in [-0.15, -0.1) is 0 Å². The van der Waals surface area contributed by atoms with E-state index in [-0.39, 0.29) is 0 Å². The van der Waals surface area contributed by atoms with Gasteiger partial charge >= 0.3 is 0 Å². The fourth-order valence-electron chi connectivity index (χ4n) is 0.988. The Morgan fingerprint density at radius 1 is 1.64 bits per heavy atom. The summed E-state index contributed by atoms with van der Waals surface area (Å²) in [5.74, 6) is -0.142. The second kappa shape index (κ2) is 3.51. The van der Waals surface area contributed by atoms with Crippen LogP contribution in [0.15, 0.2) is 24.0 Å². The van der Waals surface area contributed by atoms with Crippen molar-refractivity contribution in [2.75, 3.05) is 7.11 Å². The van der Waals surface area contributed by atoms with Crippen molar-refractivity contribution in [1.29, 1.82) is 0 Å². The lowest BCUT2D eigenvalue weighted by molar-refractivity contribution is 0.0981. The number of allylic oxidation sites excluding steroid dienone is 3. The zero-order chi connectivity index (χ0) is 8.27. The number of halogens is 2. The third kappa shape index (κ3) is 2.03. The first kappa shape index (κ1) is 8.24. The Bertz CT molecular complexity index is 185. The van der Waals surface area contributed by atoms with E-state index in [2.05, 4.69) is 0 Å². The van der Waals surface area contributed by atoms with E-state index in [0.29, 0.717) is 12.2 Å². The number of ether oxygens (including phenoxy) is 1. The smallest absolute Gasteiger partial charge is 0.245 e. The highest BCUT2D eigenvalue weighted by Gasteiger charge is 2.19. The van der Waals surface area contributed by atoms with Gasteiger partial charge in [0, 0.05) is 5.92 Å². The molecule has 0 aliphatic heterocycles. The molecule has 1 aliphatic carbocycles. The molecule has 1 rings (SSSR count). The Morgan fingerprint density at radius 3 is 2.91 bits per heavy atom. The van der Waals surface area contributed by atoms with Crippen LogP contribution in [0.2, 0.25) is 0 Å². The standard InChI is InChI=1S/C8H10F2O/c1-11-7-4-2-3-6(5-7)8(9)10/h2,4-6,8H,3H2,1H3. The molecule has 0 aromatic rings. The van der Waals surface area contributed by atoms with Crippen molar-refractivity contribution < 1.29 is 13.5 Å². The molecule has 0 bridgehead atoms. The van der Waals surface area contributed by atoms with E-state index in [9.17, 15) is 8.78 Å². The summed E-state index contributed by atoms with van der Waals surface area (Å²) in [5.41, 5.74) is 0. The number of hydrogen-bond donors (Lipinski definition) is 0. The summed E-state index contributed by atoms with van der Waals surface area (Å²) in [6.07, 6.45) is 2.99. The average molecular weight is 160 g/mol. The zero-order valence-corrected chi connectivity index (χ0v) is 6.26. The number of hydrogen-bond acceptors (Lipinski definition) is 1. The Hall–Kier alpha value is -0.860. The van der Waals surface area contributed by atoms with Gasteiger partial charge in [0.2, 0.25) is 6.43 Å². The molecule has 11 heavy (non-hydrogen) atoms. The minimum absolute atomic E-state index is 0.407. The predicted octanol–water partition coefficient (Wildman–Crippen LogP) is 2.36. The van der Waals surface area contributed by atoms with Gasteiger partial charge in [0.15, 0.2) is 0 Å². The summed E-state index contributed by atoms with van der Waals surface area (Å²) < 4.78 is 29.0. The molecular weight excluding hydrogens is 150 g/mol. The SMILES string of the molecule is COC1=CC(C(F)F)CC=C1. The highest BCUT2D eigenvalue weighted by molar-refractivity contribution is 5.18. The van der Waals surface area contributed by atoms with Gasteiger partial charge < -0.3 is 4.74 Å². The van der Waals surface area contributed by atoms with Crippen LogP contribution in [-0.2, 0) is 4.74 Å². The largest absolute Gasteiger partial charge is 0.497 e. The van der Waals surface area contributed by atoms with E-state index < -0.39 is 12.3 Å². The molecule has 0 spiro atoms. The topological polar surface area (TPSA) is 9.23 Å². The van der Waals surface area contributed by atoms with Crippen LogP contribution in [0.1, 0.15) is 6.42 Å². The van der Waals surface area contributed by atoms with Crippen LogP contribution in [0, 0.1) is 5.92 Å². The van der Waals surface area contributed by atoms with Crippen LogP contribution in [-0.4, -0.2) is 13.5 Å². The lowest BCUT2D eigenvalue weighted by atomic mass is 10.0. The molecule has 0 saturated heterocycles. The van der Waals surface area contributed by atoms with Gasteiger partial charge in [-0.05, 0) is 18.6 Å². The monoisotopic (exact) mass is 160 g/mol. The highest BCUT2D eigenvalue weighted by atomic mass is 19.3. The Labute approximate surface area is 64.4 Å². The summed E-state index contributed by atoms with van der Waals surface area (Å²) in [5, 5.41) is 0. The van der Waals surface area contributed by atoms with Crippen molar-refractivity contribution in [2.24, 2.45) is 5.92 Å². The maximum absolute atomic E-state index is 12.1. The molecule has 1 unspecified atom stereocenters. The van der Waals surface area contributed by atoms with Gasteiger partial charge in [-0.25, -0.2) is 8.78 Å². The molecule has 0 aromatic heterocycles. The summed E-state index contributed by atoms with van der Waals surface area (Å²) >= 11 is 0. The molecule has 1 nitrogen and oxygen atoms in total.